The van der Waals surface area contributed by atoms with Crippen molar-refractivity contribution in [1.29, 1.82) is 0 Å². The highest BCUT2D eigenvalue weighted by Crippen LogP contribution is 2.36. The van der Waals surface area contributed by atoms with Crippen LogP contribution >= 0.6 is 0 Å². The van der Waals surface area contributed by atoms with Gasteiger partial charge in [-0.05, 0) is 121 Å². The van der Waals surface area contributed by atoms with E-state index in [-0.39, 0.29) is 6.04 Å². The van der Waals surface area contributed by atoms with Gasteiger partial charge in [-0.1, -0.05) is 48.5 Å². The van der Waals surface area contributed by atoms with Crippen LogP contribution in [0.25, 0.3) is 12.2 Å². The number of aliphatic imine (C=N–C) groups is 3. The SMILES string of the molecule is CCC1=C(C)C2=CC3=NC(=CC4N=C(C=c5[nH]c(c(CC)c5CC)=CC1=N2)C(CC)=C4CC)C(CC)=C3CC. The van der Waals surface area contributed by atoms with Crippen molar-refractivity contribution in [2.24, 2.45) is 15.0 Å². The van der Waals surface area contributed by atoms with Gasteiger partial charge in [0.1, 0.15) is 0 Å². The largest absolute Gasteiger partial charge is 0.355 e. The lowest BCUT2D eigenvalue weighted by molar-refractivity contribution is 0.881. The summed E-state index contributed by atoms with van der Waals surface area (Å²) in [5, 5.41) is 2.37. The van der Waals surface area contributed by atoms with Gasteiger partial charge in [-0.25, -0.2) is 9.98 Å². The molecule has 5 heterocycles. The second-order valence-corrected chi connectivity index (χ2v) is 10.8. The van der Waals surface area contributed by atoms with Crippen LogP contribution in [0, 0.1) is 0 Å². The number of fused-ring (bicyclic) bond motifs is 5. The van der Waals surface area contributed by atoms with Crippen molar-refractivity contribution in [3.05, 3.63) is 78.8 Å². The number of aromatic amines is 1. The van der Waals surface area contributed by atoms with E-state index in [1.807, 2.05) is 0 Å². The minimum atomic E-state index is 0.0377. The van der Waals surface area contributed by atoms with E-state index in [9.17, 15) is 0 Å². The molecular formula is C35H44N4. The Morgan fingerprint density at radius 3 is 1.72 bits per heavy atom. The lowest BCUT2D eigenvalue weighted by Gasteiger charge is -2.10. The first-order valence-corrected chi connectivity index (χ1v) is 15.2. The van der Waals surface area contributed by atoms with Crippen LogP contribution in [0.15, 0.2) is 72.0 Å². The fraction of sp³-hybridized carbons (Fsp3) is 0.457. The molecular weight excluding hydrogens is 476 g/mol. The summed E-state index contributed by atoms with van der Waals surface area (Å²) in [7, 11) is 0. The third kappa shape index (κ3) is 4.52. The average Bonchev–Trinajstić information content (AvgIpc) is 3.64. The van der Waals surface area contributed by atoms with E-state index >= 15 is 0 Å². The van der Waals surface area contributed by atoms with Crippen molar-refractivity contribution in [2.75, 3.05) is 0 Å². The highest BCUT2D eigenvalue weighted by Gasteiger charge is 2.28. The van der Waals surface area contributed by atoms with Gasteiger partial charge in [-0.2, -0.15) is 0 Å². The molecule has 1 aromatic heterocycles. The van der Waals surface area contributed by atoms with E-state index < -0.39 is 0 Å². The molecule has 39 heavy (non-hydrogen) atoms. The molecule has 1 aromatic rings. The second kappa shape index (κ2) is 11.1. The maximum absolute atomic E-state index is 5.34. The standard InChI is InChI=1S/C35H44N4/c1-9-21-20(8)28-16-30-22(10-2)23(11-3)32(37-30)18-34-26(14-6)27(15-7)35(39-34)19-33-25(13-5)24(12-4)31(38-33)17-29(21)36-28/h16-19,34,38H,9-15H2,1-8H3. The quantitative estimate of drug-likeness (QED) is 0.396. The topological polar surface area (TPSA) is 52.9 Å². The van der Waals surface area contributed by atoms with Crippen LogP contribution in [0.1, 0.15) is 98.6 Å². The van der Waals surface area contributed by atoms with Gasteiger partial charge in [0.05, 0.1) is 34.6 Å². The van der Waals surface area contributed by atoms with Gasteiger partial charge in [-0.3, -0.25) is 4.99 Å². The number of H-pyrrole nitrogens is 1. The molecule has 0 aromatic carbocycles. The van der Waals surface area contributed by atoms with Gasteiger partial charge >= 0.3 is 0 Å². The molecule has 0 fully saturated rings. The zero-order valence-electron chi connectivity index (χ0n) is 25.2. The number of nitrogens with zero attached hydrogens (tertiary/aromatic N) is 3. The fourth-order valence-corrected chi connectivity index (χ4v) is 6.92. The molecule has 8 bridgehead atoms. The number of rotatable bonds is 7. The molecule has 4 aliphatic rings. The summed E-state index contributed by atoms with van der Waals surface area (Å²) < 4.78 is 0. The molecule has 0 saturated carbocycles. The van der Waals surface area contributed by atoms with E-state index in [4.69, 9.17) is 15.0 Å². The first kappa shape index (κ1) is 27.3. The van der Waals surface area contributed by atoms with Gasteiger partial charge in [0.2, 0.25) is 0 Å². The first-order valence-electron chi connectivity index (χ1n) is 15.2. The predicted molar refractivity (Wildman–Crippen MR) is 168 cm³/mol. The molecule has 0 amide bonds. The van der Waals surface area contributed by atoms with Crippen molar-refractivity contribution in [1.82, 2.24) is 4.98 Å². The van der Waals surface area contributed by atoms with Crippen LogP contribution in [0.2, 0.25) is 0 Å². The van der Waals surface area contributed by atoms with Gasteiger partial charge in [0, 0.05) is 10.7 Å². The minimum Gasteiger partial charge on any atom is -0.355 e. The minimum absolute atomic E-state index is 0.0377. The third-order valence-corrected chi connectivity index (χ3v) is 8.88. The summed E-state index contributed by atoms with van der Waals surface area (Å²) in [6.07, 6.45) is 16.0. The highest BCUT2D eigenvalue weighted by atomic mass is 14.9. The number of nitrogens with one attached hydrogen (secondary N) is 1. The highest BCUT2D eigenvalue weighted by molar-refractivity contribution is 6.24. The van der Waals surface area contributed by atoms with Crippen molar-refractivity contribution in [3.8, 4) is 0 Å². The van der Waals surface area contributed by atoms with E-state index in [1.165, 1.54) is 55.3 Å². The molecule has 4 heteroatoms. The van der Waals surface area contributed by atoms with E-state index in [2.05, 4.69) is 84.7 Å². The summed E-state index contributed by atoms with van der Waals surface area (Å²) in [4.78, 5) is 19.6. The molecule has 5 rings (SSSR count). The van der Waals surface area contributed by atoms with Crippen LogP contribution in [-0.4, -0.2) is 28.2 Å². The van der Waals surface area contributed by atoms with Crippen LogP contribution in [-0.2, 0) is 12.8 Å². The van der Waals surface area contributed by atoms with Crippen molar-refractivity contribution >= 4 is 29.3 Å². The van der Waals surface area contributed by atoms with Crippen molar-refractivity contribution in [2.45, 2.75) is 106 Å². The molecule has 0 radical (unpaired) electrons. The summed E-state index contributed by atoms with van der Waals surface area (Å²) in [6.45, 7) is 18.0. The van der Waals surface area contributed by atoms with Crippen LogP contribution in [0.3, 0.4) is 0 Å². The Labute approximate surface area is 234 Å². The molecule has 4 nitrogen and oxygen atoms in total. The van der Waals surface area contributed by atoms with Gasteiger partial charge in [-0.15, -0.1) is 0 Å². The maximum Gasteiger partial charge on any atom is 0.0927 e. The third-order valence-electron chi connectivity index (χ3n) is 8.88. The zero-order valence-corrected chi connectivity index (χ0v) is 25.2. The Kier molecular flexibility index (Phi) is 7.75. The Morgan fingerprint density at radius 2 is 1.15 bits per heavy atom. The molecule has 1 unspecified atom stereocenters. The van der Waals surface area contributed by atoms with E-state index in [0.717, 1.165) is 73.5 Å². The molecule has 1 N–H and O–H groups in total. The van der Waals surface area contributed by atoms with Crippen molar-refractivity contribution < 1.29 is 0 Å². The van der Waals surface area contributed by atoms with E-state index in [0.29, 0.717) is 0 Å². The number of aromatic nitrogens is 1. The fourth-order valence-electron chi connectivity index (χ4n) is 6.92. The summed E-state index contributed by atoms with van der Waals surface area (Å²) >= 11 is 0. The van der Waals surface area contributed by atoms with Gasteiger partial charge in [0.15, 0.2) is 0 Å². The van der Waals surface area contributed by atoms with Crippen LogP contribution < -0.4 is 10.7 Å². The normalized spacial score (nSPS) is 20.6. The molecule has 1 atom stereocenters. The number of hydrogen-bond acceptors (Lipinski definition) is 3. The monoisotopic (exact) mass is 520 g/mol. The smallest absolute Gasteiger partial charge is 0.0927 e. The van der Waals surface area contributed by atoms with Crippen molar-refractivity contribution in [3.63, 3.8) is 0 Å². The summed E-state index contributed by atoms with van der Waals surface area (Å²) in [5.74, 6) is 0. The predicted octanol–water partition coefficient (Wildman–Crippen LogP) is 7.17. The zero-order chi connectivity index (χ0) is 27.8. The Morgan fingerprint density at radius 1 is 0.590 bits per heavy atom. The molecule has 0 saturated heterocycles. The Bertz CT molecular complexity index is 1590. The number of allylic oxidation sites excluding steroid dienone is 6. The Balaban J connectivity index is 1.88. The lowest BCUT2D eigenvalue weighted by Crippen LogP contribution is -2.16. The molecule has 0 aliphatic carbocycles. The summed E-state index contributed by atoms with van der Waals surface area (Å²) in [6, 6.07) is 0.0377. The molecule has 4 aliphatic heterocycles. The summed E-state index contributed by atoms with van der Waals surface area (Å²) in [5.41, 5.74) is 16.3. The average molecular weight is 521 g/mol. The van der Waals surface area contributed by atoms with Gasteiger partial charge < -0.3 is 4.98 Å². The van der Waals surface area contributed by atoms with Crippen LogP contribution in [0.4, 0.5) is 0 Å². The first-order chi connectivity index (χ1) is 18.9. The van der Waals surface area contributed by atoms with E-state index in [1.54, 1.807) is 0 Å². The lowest BCUT2D eigenvalue weighted by atomic mass is 9.94. The van der Waals surface area contributed by atoms with Crippen LogP contribution in [0.5, 0.6) is 0 Å². The molecule has 0 spiro atoms. The number of hydrogen-bond donors (Lipinski definition) is 1. The Hall–Kier alpha value is -3.27. The molecule has 204 valence electrons. The van der Waals surface area contributed by atoms with Gasteiger partial charge in [0.25, 0.3) is 0 Å². The maximum atomic E-state index is 5.34. The second-order valence-electron chi connectivity index (χ2n) is 10.8.